The van der Waals surface area contributed by atoms with Gasteiger partial charge in [-0.05, 0) is 12.8 Å². The van der Waals surface area contributed by atoms with Gasteiger partial charge < -0.3 is 4.48 Å². The zero-order chi connectivity index (χ0) is 51.1. The lowest BCUT2D eigenvalue weighted by atomic mass is 10.0. The summed E-state index contributed by atoms with van der Waals surface area (Å²) < 4.78 is 324. The van der Waals surface area contributed by atoms with Crippen molar-refractivity contribution in [3.63, 3.8) is 0 Å². The van der Waals surface area contributed by atoms with Gasteiger partial charge in [-0.2, -0.15) is 0 Å². The standard InChI is InChI=1S/C19H42N/c1-5-6-7-8-9-10-11-12-13-14-15-16-17-18-19-20(2,3)4/h5-19H2,1-4H3/q+1/i1D3,2D3,3D3,4D3,5D2,6D2,7D2,8D2,9D2,10D2,11D2,12D2,13D2,14D2,15D2,16D2,17D2,18D,19D2. The molecule has 0 aromatic rings. The predicted octanol–water partition coefficient (Wildman–Crippen LogP) is 6.17. The van der Waals surface area contributed by atoms with E-state index >= 15 is 0 Å². The zero-order valence-corrected chi connectivity index (χ0v) is 10.0. The third-order valence-electron chi connectivity index (χ3n) is 1.09. The molecule has 1 nitrogen and oxygen atoms in total. The summed E-state index contributed by atoms with van der Waals surface area (Å²) in [6.07, 6.45) is -70.3. The van der Waals surface area contributed by atoms with Gasteiger partial charge in [-0.15, -0.1) is 0 Å². The van der Waals surface area contributed by atoms with Crippen LogP contribution in [0.4, 0.5) is 0 Å². The Labute approximate surface area is 187 Å². The van der Waals surface area contributed by atoms with Crippen molar-refractivity contribution >= 4 is 0 Å². The smallest absolute Gasteiger partial charge is 0.0924 e. The van der Waals surface area contributed by atoms with Crippen LogP contribution in [0.5, 0.6) is 0 Å². The molecule has 20 heavy (non-hydrogen) atoms. The first kappa shape index (κ1) is 2.00. The summed E-state index contributed by atoms with van der Waals surface area (Å²) in [5.41, 5.74) is 0. The van der Waals surface area contributed by atoms with Crippen LogP contribution in [0.2, 0.25) is 0 Å². The maximum absolute atomic E-state index is 8.29. The molecule has 0 fully saturated rings. The van der Waals surface area contributed by atoms with Gasteiger partial charge in [0.1, 0.15) is 0 Å². The van der Waals surface area contributed by atoms with E-state index < -0.39 is 128 Å². The quantitative estimate of drug-likeness (QED) is 0.316. The number of hydrogen-bond donors (Lipinski definition) is 0. The summed E-state index contributed by atoms with van der Waals surface area (Å²) in [7, 11) is 0. The van der Waals surface area contributed by atoms with Crippen LogP contribution in [0.25, 0.3) is 0 Å². The average molecular weight is 326 g/mol. The highest BCUT2D eigenvalue weighted by Gasteiger charge is 2.04. The van der Waals surface area contributed by atoms with Crippen molar-refractivity contribution in [2.75, 3.05) is 27.4 Å². The summed E-state index contributed by atoms with van der Waals surface area (Å²) in [4.78, 5) is 0. The van der Waals surface area contributed by atoms with Crippen molar-refractivity contribution in [3.05, 3.63) is 0 Å². The van der Waals surface area contributed by atoms with Crippen LogP contribution >= 0.6 is 0 Å². The molecule has 0 N–H and O–H groups in total. The van der Waals surface area contributed by atoms with Crippen LogP contribution in [0.3, 0.4) is 0 Å². The molecule has 0 heterocycles. The summed E-state index contributed by atoms with van der Waals surface area (Å²) in [6.45, 7) is -23.0. The topological polar surface area (TPSA) is 0 Å². The molecule has 0 aromatic carbocycles. The summed E-state index contributed by atoms with van der Waals surface area (Å²) >= 11 is 0. The van der Waals surface area contributed by atoms with Crippen molar-refractivity contribution in [2.24, 2.45) is 0 Å². The molecule has 0 aromatic heterocycles. The van der Waals surface area contributed by atoms with Crippen LogP contribution in [0.15, 0.2) is 0 Å². The average Bonchev–Trinajstić information content (AvgIpc) is 2.96. The van der Waals surface area contributed by atoms with Crippen molar-refractivity contribution in [3.8, 4) is 0 Å². The minimum absolute atomic E-state index is 3.85. The van der Waals surface area contributed by atoms with E-state index in [0.29, 0.717) is 0 Å². The first-order valence-electron chi connectivity index (χ1n) is 25.3. The van der Waals surface area contributed by atoms with Gasteiger partial charge in [0.15, 0.2) is 0 Å². The van der Waals surface area contributed by atoms with E-state index in [9.17, 15) is 0 Å². The Morgan fingerprint density at radius 3 is 1.55 bits per heavy atom. The van der Waals surface area contributed by atoms with E-state index in [4.69, 9.17) is 56.2 Å². The fraction of sp³-hybridized carbons (Fsp3) is 1.00. The molecule has 0 aliphatic heterocycles. The fourth-order valence-electron chi connectivity index (χ4n) is 0.514. The third kappa shape index (κ3) is 18.0. The minimum Gasteiger partial charge on any atom is -0.331 e. The first-order chi connectivity index (χ1) is 25.4. The van der Waals surface area contributed by atoms with Gasteiger partial charge >= 0.3 is 0 Å². The third-order valence-corrected chi connectivity index (χ3v) is 1.09. The number of rotatable bonds is 15. The molecule has 0 aliphatic carbocycles. The number of nitrogens with zero attached hydrogens (tertiary/aromatic N) is 1. The molecule has 1 atom stereocenters. The van der Waals surface area contributed by atoms with E-state index in [1.54, 1.807) is 0 Å². The van der Waals surface area contributed by atoms with Crippen LogP contribution in [0.1, 0.15) is 152 Å². The second kappa shape index (κ2) is 13.9. The SMILES string of the molecule is [2H]C(C([2H])([2H])C([2H])([2H])C([2H])([2H])C([2H])([2H])C([2H])([2H])C([2H])([2H])C([2H])([2H])C([2H])([2H])C([2H])([2H])C([2H])([2H])C([2H])([2H])C([2H])([2H])C([2H])([2H])C([2H])([2H])[2H])C([2H])([2H])[N+](C([2H])([2H])[2H])(C([2H])([2H])[2H])C([2H])([2H])[2H]. The Kier molecular flexibility index (Phi) is 1.39. The highest BCUT2D eigenvalue weighted by molar-refractivity contribution is 4.49. The molecule has 0 radical (unpaired) electrons. The lowest BCUT2D eigenvalue weighted by Gasteiger charge is -2.23. The molecule has 122 valence electrons. The van der Waals surface area contributed by atoms with Crippen molar-refractivity contribution in [2.45, 2.75) is 96.1 Å². The molecular formula is C19H42N+. The molecule has 0 spiro atoms. The molecule has 0 rings (SSSR count). The zero-order valence-electron chi connectivity index (χ0n) is 51.0. The van der Waals surface area contributed by atoms with Crippen molar-refractivity contribution in [1.82, 2.24) is 0 Å². The molecule has 1 unspecified atom stereocenters. The summed E-state index contributed by atoms with van der Waals surface area (Å²) in [6, 6.07) is 0. The van der Waals surface area contributed by atoms with Gasteiger partial charge in [0.05, 0.1) is 42.5 Å². The number of quaternary nitrogens is 1. The van der Waals surface area contributed by atoms with Crippen molar-refractivity contribution < 1.29 is 60.7 Å². The van der Waals surface area contributed by atoms with E-state index in [1.165, 1.54) is 0 Å². The second-order valence-electron chi connectivity index (χ2n) is 2.59. The monoisotopic (exact) mass is 326 g/mol. The van der Waals surface area contributed by atoms with E-state index in [-0.39, 0.29) is 0 Å². The Hall–Kier alpha value is -0.0400. The van der Waals surface area contributed by atoms with Gasteiger partial charge in [-0.3, -0.25) is 0 Å². The van der Waals surface area contributed by atoms with Gasteiger partial charge in [0.25, 0.3) is 0 Å². The van der Waals surface area contributed by atoms with E-state index in [0.717, 1.165) is 0 Å². The number of hydrogen-bond acceptors (Lipinski definition) is 0. The van der Waals surface area contributed by atoms with E-state index in [2.05, 4.69) is 0 Å². The molecule has 0 saturated heterocycles. The van der Waals surface area contributed by atoms with Gasteiger partial charge in [-0.25, -0.2) is 0 Å². The van der Waals surface area contributed by atoms with Crippen LogP contribution < -0.4 is 0 Å². The Morgan fingerprint density at radius 2 is 1.10 bits per heavy atom. The van der Waals surface area contributed by atoms with Gasteiger partial charge in [-0.1, -0.05) is 83.3 Å². The Balaban J connectivity index is 8.05. The molecule has 1 heteroatoms. The van der Waals surface area contributed by atoms with Crippen molar-refractivity contribution in [1.29, 1.82) is 0 Å². The Morgan fingerprint density at radius 1 is 0.650 bits per heavy atom. The maximum Gasteiger partial charge on any atom is 0.0924 e. The molecule has 0 amide bonds. The Bertz CT molecular complexity index is 1540. The summed E-state index contributed by atoms with van der Waals surface area (Å²) in [5, 5.41) is 0. The highest BCUT2D eigenvalue weighted by Crippen LogP contribution is 2.13. The normalized spacial score (nSPS) is 56.5. The molecule has 0 bridgehead atoms. The summed E-state index contributed by atoms with van der Waals surface area (Å²) in [5.74, 6) is 0. The first-order valence-corrected chi connectivity index (χ1v) is 4.72. The van der Waals surface area contributed by atoms with E-state index in [1.807, 2.05) is 0 Å². The second-order valence-corrected chi connectivity index (χ2v) is 2.59. The van der Waals surface area contributed by atoms with Crippen LogP contribution in [-0.2, 0) is 0 Å². The lowest BCUT2D eigenvalue weighted by Crippen LogP contribution is -2.35. The lowest BCUT2D eigenvalue weighted by molar-refractivity contribution is -0.870. The minimum atomic E-state index is -5.31. The van der Waals surface area contributed by atoms with Gasteiger partial charge in [0.2, 0.25) is 0 Å². The highest BCUT2D eigenvalue weighted by atomic mass is 15.3. The van der Waals surface area contributed by atoms with Crippen LogP contribution in [-0.4, -0.2) is 31.9 Å². The fourth-order valence-corrected chi connectivity index (χ4v) is 0.514. The molecular weight excluding hydrogens is 242 g/mol. The van der Waals surface area contributed by atoms with Gasteiger partial charge in [0, 0.05) is 41.1 Å². The van der Waals surface area contributed by atoms with Crippen LogP contribution in [0, 0.1) is 0 Å². The molecule has 0 aliphatic rings. The predicted molar refractivity (Wildman–Crippen MR) is 93.2 cm³/mol. The maximum atomic E-state index is 8.29. The largest absolute Gasteiger partial charge is 0.331 e. The molecule has 0 saturated carbocycles.